The summed E-state index contributed by atoms with van der Waals surface area (Å²) in [5, 5.41) is 5.03. The van der Waals surface area contributed by atoms with Gasteiger partial charge in [-0.15, -0.1) is 11.3 Å². The number of anilines is 1. The Kier molecular flexibility index (Phi) is 4.93. The normalized spacial score (nSPS) is 12.4. The number of hydrogen-bond donors (Lipinski definition) is 1. The van der Waals surface area contributed by atoms with Gasteiger partial charge >= 0.3 is 0 Å². The first-order valence-electron chi connectivity index (χ1n) is 6.67. The Morgan fingerprint density at radius 3 is 2.70 bits per heavy atom. The van der Waals surface area contributed by atoms with E-state index in [-0.39, 0.29) is 11.9 Å². The van der Waals surface area contributed by atoms with Crippen LogP contribution in [0.25, 0.3) is 0 Å². The van der Waals surface area contributed by atoms with Crippen molar-refractivity contribution >= 4 is 22.9 Å². The second-order valence-corrected chi connectivity index (χ2v) is 5.95. The predicted octanol–water partition coefficient (Wildman–Crippen LogP) is 3.69. The molecule has 0 fully saturated rings. The number of nitrogens with zero attached hydrogens (tertiary/aromatic N) is 1. The summed E-state index contributed by atoms with van der Waals surface area (Å²) in [4.78, 5) is 15.4. The maximum absolute atomic E-state index is 12.1. The molecule has 20 heavy (non-hydrogen) atoms. The van der Waals surface area contributed by atoms with Gasteiger partial charge in [-0.3, -0.25) is 9.69 Å². The van der Waals surface area contributed by atoms with E-state index in [4.69, 9.17) is 0 Å². The van der Waals surface area contributed by atoms with Crippen molar-refractivity contribution in [2.24, 2.45) is 0 Å². The van der Waals surface area contributed by atoms with E-state index >= 15 is 0 Å². The summed E-state index contributed by atoms with van der Waals surface area (Å²) in [5.74, 6) is 0.0187. The number of aryl methyl sites for hydroxylation is 1. The largest absolute Gasteiger partial charge is 0.325 e. The molecule has 0 saturated heterocycles. The zero-order valence-electron chi connectivity index (χ0n) is 12.1. The maximum atomic E-state index is 12.1. The lowest BCUT2D eigenvalue weighted by atomic mass is 10.2. The molecule has 0 aliphatic rings. The molecule has 1 atom stereocenters. The Morgan fingerprint density at radius 2 is 2.05 bits per heavy atom. The molecule has 2 aromatic rings. The summed E-state index contributed by atoms with van der Waals surface area (Å²) in [7, 11) is 1.97. The molecule has 2 rings (SSSR count). The second kappa shape index (κ2) is 6.68. The molecule has 1 aromatic heterocycles. The SMILES string of the molecule is Cc1ccccc1NC(=O)CN(C)C(C)c1cccs1. The van der Waals surface area contributed by atoms with Crippen LogP contribution in [-0.2, 0) is 4.79 Å². The van der Waals surface area contributed by atoms with Gasteiger partial charge < -0.3 is 5.32 Å². The van der Waals surface area contributed by atoms with Crippen LogP contribution in [0.3, 0.4) is 0 Å². The zero-order valence-corrected chi connectivity index (χ0v) is 12.9. The molecule has 1 aromatic carbocycles. The van der Waals surface area contributed by atoms with Crippen LogP contribution in [-0.4, -0.2) is 24.4 Å². The molecule has 0 bridgehead atoms. The minimum atomic E-state index is 0.0187. The highest BCUT2D eigenvalue weighted by molar-refractivity contribution is 7.10. The number of rotatable bonds is 5. The fraction of sp³-hybridized carbons (Fsp3) is 0.312. The molecular weight excluding hydrogens is 268 g/mol. The molecule has 4 heteroatoms. The monoisotopic (exact) mass is 288 g/mol. The molecule has 0 radical (unpaired) electrons. The van der Waals surface area contributed by atoms with Crippen molar-refractivity contribution in [2.75, 3.05) is 18.9 Å². The van der Waals surface area contributed by atoms with E-state index in [0.29, 0.717) is 6.54 Å². The summed E-state index contributed by atoms with van der Waals surface area (Å²) in [6, 6.07) is 12.2. The van der Waals surface area contributed by atoms with Crippen LogP contribution >= 0.6 is 11.3 Å². The van der Waals surface area contributed by atoms with Crippen LogP contribution in [0.2, 0.25) is 0 Å². The average Bonchev–Trinajstić information content (AvgIpc) is 2.94. The highest BCUT2D eigenvalue weighted by Gasteiger charge is 2.15. The van der Waals surface area contributed by atoms with Crippen molar-refractivity contribution in [3.8, 4) is 0 Å². The number of amides is 1. The Bertz CT molecular complexity index is 566. The van der Waals surface area contributed by atoms with Crippen molar-refractivity contribution in [1.29, 1.82) is 0 Å². The Balaban J connectivity index is 1.93. The van der Waals surface area contributed by atoms with Gasteiger partial charge in [-0.2, -0.15) is 0 Å². The zero-order chi connectivity index (χ0) is 14.5. The van der Waals surface area contributed by atoms with E-state index in [0.717, 1.165) is 11.3 Å². The first-order chi connectivity index (χ1) is 9.58. The van der Waals surface area contributed by atoms with Crippen molar-refractivity contribution in [3.05, 3.63) is 52.2 Å². The number of carbonyl (C=O) groups excluding carboxylic acids is 1. The van der Waals surface area contributed by atoms with Gasteiger partial charge in [0.05, 0.1) is 6.54 Å². The van der Waals surface area contributed by atoms with Crippen LogP contribution in [0.15, 0.2) is 41.8 Å². The molecular formula is C16H20N2OS. The third-order valence-electron chi connectivity index (χ3n) is 3.43. The van der Waals surface area contributed by atoms with Gasteiger partial charge in [-0.1, -0.05) is 24.3 Å². The van der Waals surface area contributed by atoms with Crippen molar-refractivity contribution in [2.45, 2.75) is 19.9 Å². The first kappa shape index (κ1) is 14.8. The number of likely N-dealkylation sites (N-methyl/N-ethyl adjacent to an activating group) is 1. The number of benzene rings is 1. The summed E-state index contributed by atoms with van der Waals surface area (Å²) >= 11 is 1.72. The Morgan fingerprint density at radius 1 is 1.30 bits per heavy atom. The molecule has 0 aliphatic carbocycles. The maximum Gasteiger partial charge on any atom is 0.238 e. The smallest absolute Gasteiger partial charge is 0.238 e. The van der Waals surface area contributed by atoms with Crippen molar-refractivity contribution in [3.63, 3.8) is 0 Å². The van der Waals surface area contributed by atoms with Gasteiger partial charge in [-0.25, -0.2) is 0 Å². The fourth-order valence-corrected chi connectivity index (χ4v) is 2.86. The topological polar surface area (TPSA) is 32.3 Å². The first-order valence-corrected chi connectivity index (χ1v) is 7.55. The summed E-state index contributed by atoms with van der Waals surface area (Å²) in [6.07, 6.45) is 0. The number of carbonyl (C=O) groups is 1. The summed E-state index contributed by atoms with van der Waals surface area (Å²) in [6.45, 7) is 4.49. The van der Waals surface area contributed by atoms with Gasteiger partial charge in [0, 0.05) is 16.6 Å². The molecule has 106 valence electrons. The van der Waals surface area contributed by atoms with Crippen LogP contribution in [0.5, 0.6) is 0 Å². The lowest BCUT2D eigenvalue weighted by Gasteiger charge is -2.23. The molecule has 0 spiro atoms. The molecule has 1 N–H and O–H groups in total. The van der Waals surface area contributed by atoms with Crippen LogP contribution in [0, 0.1) is 6.92 Å². The van der Waals surface area contributed by atoms with E-state index in [1.807, 2.05) is 44.3 Å². The fourth-order valence-electron chi connectivity index (χ4n) is 2.01. The van der Waals surface area contributed by atoms with Crippen LogP contribution in [0.4, 0.5) is 5.69 Å². The predicted molar refractivity (Wildman–Crippen MR) is 85.2 cm³/mol. The lowest BCUT2D eigenvalue weighted by Crippen LogP contribution is -2.32. The minimum absolute atomic E-state index is 0.0187. The Hall–Kier alpha value is -1.65. The number of nitrogens with one attached hydrogen (secondary N) is 1. The van der Waals surface area contributed by atoms with Gasteiger partial charge in [-0.05, 0) is 44.0 Å². The molecule has 1 unspecified atom stereocenters. The van der Waals surface area contributed by atoms with E-state index in [1.165, 1.54) is 4.88 Å². The Labute approximate surface area is 124 Å². The molecule has 3 nitrogen and oxygen atoms in total. The third-order valence-corrected chi connectivity index (χ3v) is 4.47. The van der Waals surface area contributed by atoms with Crippen molar-refractivity contribution < 1.29 is 4.79 Å². The van der Waals surface area contributed by atoms with Gasteiger partial charge in [0.25, 0.3) is 0 Å². The highest BCUT2D eigenvalue weighted by atomic mass is 32.1. The van der Waals surface area contributed by atoms with E-state index in [9.17, 15) is 4.79 Å². The van der Waals surface area contributed by atoms with Gasteiger partial charge in [0.2, 0.25) is 5.91 Å². The standard InChI is InChI=1S/C16H20N2OS/c1-12-7-4-5-8-14(12)17-16(19)11-18(3)13(2)15-9-6-10-20-15/h4-10,13H,11H2,1-3H3,(H,17,19). The number of hydrogen-bond acceptors (Lipinski definition) is 3. The van der Waals surface area contributed by atoms with Gasteiger partial charge in [0.15, 0.2) is 0 Å². The number of para-hydroxylation sites is 1. The molecule has 1 heterocycles. The third kappa shape index (κ3) is 3.68. The molecule has 0 saturated carbocycles. The lowest BCUT2D eigenvalue weighted by molar-refractivity contribution is -0.117. The summed E-state index contributed by atoms with van der Waals surface area (Å²) in [5.41, 5.74) is 1.96. The minimum Gasteiger partial charge on any atom is -0.325 e. The van der Waals surface area contributed by atoms with Crippen molar-refractivity contribution in [1.82, 2.24) is 4.90 Å². The molecule has 0 aliphatic heterocycles. The number of thiophene rings is 1. The van der Waals surface area contributed by atoms with E-state index < -0.39 is 0 Å². The average molecular weight is 288 g/mol. The summed E-state index contributed by atoms with van der Waals surface area (Å²) < 4.78 is 0. The van der Waals surface area contributed by atoms with E-state index in [1.54, 1.807) is 11.3 Å². The van der Waals surface area contributed by atoms with Gasteiger partial charge in [0.1, 0.15) is 0 Å². The molecule has 1 amide bonds. The van der Waals surface area contributed by atoms with Crippen LogP contribution < -0.4 is 5.32 Å². The highest BCUT2D eigenvalue weighted by Crippen LogP contribution is 2.23. The second-order valence-electron chi connectivity index (χ2n) is 4.97. The quantitative estimate of drug-likeness (QED) is 0.910. The van der Waals surface area contributed by atoms with Crippen LogP contribution in [0.1, 0.15) is 23.4 Å². The van der Waals surface area contributed by atoms with E-state index in [2.05, 4.69) is 28.6 Å².